The molecule has 0 unspecified atom stereocenters. The van der Waals surface area contributed by atoms with E-state index in [1.165, 1.54) is 16.8 Å². The van der Waals surface area contributed by atoms with Crippen LogP contribution in [0.2, 0.25) is 0 Å². The van der Waals surface area contributed by atoms with Crippen LogP contribution < -0.4 is 5.32 Å². The van der Waals surface area contributed by atoms with Gasteiger partial charge in [0.1, 0.15) is 23.3 Å². The quantitative estimate of drug-likeness (QED) is 0.758. The zero-order chi connectivity index (χ0) is 23.3. The summed E-state index contributed by atoms with van der Waals surface area (Å²) in [7, 11) is 0. The first-order chi connectivity index (χ1) is 15.1. The van der Waals surface area contributed by atoms with Crippen LogP contribution in [0.1, 0.15) is 57.5 Å². The number of amides is 2. The van der Waals surface area contributed by atoms with E-state index in [0.29, 0.717) is 31.8 Å². The number of aryl methyl sites for hydroxylation is 1. The van der Waals surface area contributed by atoms with Gasteiger partial charge in [-0.15, -0.1) is 5.10 Å². The Bertz CT molecular complexity index is 924. The average molecular weight is 447 g/mol. The van der Waals surface area contributed by atoms with Crippen LogP contribution in [0.25, 0.3) is 0 Å². The first kappa shape index (κ1) is 23.6. The molecule has 0 saturated carbocycles. The number of tetrazole rings is 1. The minimum atomic E-state index is -0.666. The Morgan fingerprint density at radius 2 is 1.94 bits per heavy atom. The Morgan fingerprint density at radius 1 is 1.22 bits per heavy atom. The molecule has 1 aromatic carbocycles. The fraction of sp³-hybridized carbons (Fsp3) is 0.591. The summed E-state index contributed by atoms with van der Waals surface area (Å²) in [5, 5.41) is 14.7. The third kappa shape index (κ3) is 6.48. The molecule has 1 aromatic heterocycles. The minimum Gasteiger partial charge on any atom is -0.444 e. The van der Waals surface area contributed by atoms with E-state index in [1.807, 2.05) is 20.8 Å². The largest absolute Gasteiger partial charge is 0.444 e. The molecule has 32 heavy (non-hydrogen) atoms. The van der Waals surface area contributed by atoms with Crippen molar-refractivity contribution in [1.29, 1.82) is 0 Å². The zero-order valence-electron chi connectivity index (χ0n) is 19.0. The summed E-state index contributed by atoms with van der Waals surface area (Å²) in [6.07, 6.45) is 2.14. The standard InChI is InChI=1S/C22H31FN6O3/c1-15-25-26-27-29(15)19(14-16-7-9-17(23)10-8-16)20(30)24-18-6-5-12-28(13-11-18)21(31)32-22(2,3)4/h7-10,18-19H,5-6,11-14H2,1-4H3,(H,24,30)/t18-,19+/m1/s1. The Hall–Kier alpha value is -3.04. The lowest BCUT2D eigenvalue weighted by molar-refractivity contribution is -0.125. The van der Waals surface area contributed by atoms with E-state index in [1.54, 1.807) is 24.0 Å². The molecular weight excluding hydrogens is 415 g/mol. The van der Waals surface area contributed by atoms with Gasteiger partial charge in [-0.3, -0.25) is 4.79 Å². The molecule has 1 aliphatic rings. The van der Waals surface area contributed by atoms with Crippen LogP contribution in [0.5, 0.6) is 0 Å². The number of nitrogens with zero attached hydrogens (tertiary/aromatic N) is 5. The molecule has 0 radical (unpaired) electrons. The third-order valence-electron chi connectivity index (χ3n) is 5.32. The minimum absolute atomic E-state index is 0.0811. The van der Waals surface area contributed by atoms with Gasteiger partial charge in [0.15, 0.2) is 0 Å². The summed E-state index contributed by atoms with van der Waals surface area (Å²) in [5.41, 5.74) is 0.257. The van der Waals surface area contributed by atoms with Crippen LogP contribution >= 0.6 is 0 Å². The van der Waals surface area contributed by atoms with E-state index in [2.05, 4.69) is 20.8 Å². The fourth-order valence-electron chi connectivity index (χ4n) is 3.71. The molecule has 2 heterocycles. The SMILES string of the molecule is Cc1nnnn1[C@@H](Cc1ccc(F)cc1)C(=O)N[C@@H]1CCCN(C(=O)OC(C)(C)C)CC1. The highest BCUT2D eigenvalue weighted by Crippen LogP contribution is 2.19. The van der Waals surface area contributed by atoms with E-state index >= 15 is 0 Å². The first-order valence-corrected chi connectivity index (χ1v) is 10.9. The highest BCUT2D eigenvalue weighted by molar-refractivity contribution is 5.81. The number of ether oxygens (including phenoxy) is 1. The number of likely N-dealkylation sites (tertiary alicyclic amines) is 1. The van der Waals surface area contributed by atoms with Crippen LogP contribution in [0.3, 0.4) is 0 Å². The Kier molecular flexibility index (Phi) is 7.42. The summed E-state index contributed by atoms with van der Waals surface area (Å²) in [4.78, 5) is 27.3. The first-order valence-electron chi connectivity index (χ1n) is 10.9. The number of halogens is 1. The number of aromatic nitrogens is 4. The fourth-order valence-corrected chi connectivity index (χ4v) is 3.71. The molecule has 174 valence electrons. The molecule has 9 nitrogen and oxygen atoms in total. The number of carbonyl (C=O) groups excluding carboxylic acids is 2. The molecule has 1 saturated heterocycles. The molecule has 0 bridgehead atoms. The van der Waals surface area contributed by atoms with Gasteiger partial charge in [-0.25, -0.2) is 13.9 Å². The monoisotopic (exact) mass is 446 g/mol. The van der Waals surface area contributed by atoms with Crippen molar-refractivity contribution in [2.75, 3.05) is 13.1 Å². The summed E-state index contributed by atoms with van der Waals surface area (Å²) < 4.78 is 20.3. The molecule has 1 N–H and O–H groups in total. The van der Waals surface area contributed by atoms with Crippen LogP contribution in [-0.4, -0.2) is 61.8 Å². The number of carbonyl (C=O) groups is 2. The molecular formula is C22H31FN6O3. The van der Waals surface area contributed by atoms with Crippen molar-refractivity contribution in [1.82, 2.24) is 30.4 Å². The Balaban J connectivity index is 1.66. The third-order valence-corrected chi connectivity index (χ3v) is 5.32. The van der Waals surface area contributed by atoms with Gasteiger partial charge in [0, 0.05) is 25.6 Å². The van der Waals surface area contributed by atoms with Gasteiger partial charge in [0.25, 0.3) is 0 Å². The van der Waals surface area contributed by atoms with E-state index in [-0.39, 0.29) is 23.9 Å². The summed E-state index contributed by atoms with van der Waals surface area (Å²) >= 11 is 0. The highest BCUT2D eigenvalue weighted by Gasteiger charge is 2.29. The van der Waals surface area contributed by atoms with Gasteiger partial charge in [0.05, 0.1) is 0 Å². The molecule has 0 aliphatic carbocycles. The molecule has 10 heteroatoms. The summed E-state index contributed by atoms with van der Waals surface area (Å²) in [6.45, 7) is 8.35. The summed E-state index contributed by atoms with van der Waals surface area (Å²) in [6, 6.07) is 5.29. The van der Waals surface area contributed by atoms with Crippen LogP contribution in [0, 0.1) is 12.7 Å². The van der Waals surface area contributed by atoms with E-state index in [9.17, 15) is 14.0 Å². The second-order valence-electron chi connectivity index (χ2n) is 9.12. The number of nitrogens with one attached hydrogen (secondary N) is 1. The smallest absolute Gasteiger partial charge is 0.410 e. The van der Waals surface area contributed by atoms with Gasteiger partial charge < -0.3 is 15.0 Å². The highest BCUT2D eigenvalue weighted by atomic mass is 19.1. The number of benzene rings is 1. The van der Waals surface area contributed by atoms with E-state index in [0.717, 1.165) is 18.4 Å². The van der Waals surface area contributed by atoms with Crippen molar-refractivity contribution in [2.45, 2.75) is 71.1 Å². The maximum absolute atomic E-state index is 13.3. The topological polar surface area (TPSA) is 102 Å². The van der Waals surface area contributed by atoms with Gasteiger partial charge in [0.2, 0.25) is 5.91 Å². The predicted molar refractivity (Wildman–Crippen MR) is 115 cm³/mol. The number of rotatable bonds is 5. The van der Waals surface area contributed by atoms with Crippen molar-refractivity contribution in [3.05, 3.63) is 41.5 Å². The molecule has 2 amide bonds. The Morgan fingerprint density at radius 3 is 2.56 bits per heavy atom. The van der Waals surface area contributed by atoms with Gasteiger partial charge in [-0.2, -0.15) is 0 Å². The maximum atomic E-state index is 13.3. The molecule has 2 aromatic rings. The second kappa shape index (κ2) is 10.1. The van der Waals surface area contributed by atoms with Crippen LogP contribution in [-0.2, 0) is 16.0 Å². The molecule has 3 rings (SSSR count). The lowest BCUT2D eigenvalue weighted by Gasteiger charge is -2.26. The van der Waals surface area contributed by atoms with Crippen molar-refractivity contribution < 1.29 is 18.7 Å². The summed E-state index contributed by atoms with van der Waals surface area (Å²) in [5.74, 6) is -0.0222. The zero-order valence-corrected chi connectivity index (χ0v) is 19.0. The number of hydrogen-bond acceptors (Lipinski definition) is 6. The molecule has 0 spiro atoms. The predicted octanol–water partition coefficient (Wildman–Crippen LogP) is 2.81. The average Bonchev–Trinajstić information content (AvgIpc) is 2.99. The second-order valence-corrected chi connectivity index (χ2v) is 9.12. The molecule has 2 atom stereocenters. The Labute approximate surface area is 187 Å². The van der Waals surface area contributed by atoms with E-state index < -0.39 is 11.6 Å². The van der Waals surface area contributed by atoms with Gasteiger partial charge in [-0.05, 0) is 75.1 Å². The van der Waals surface area contributed by atoms with Crippen LogP contribution in [0.15, 0.2) is 24.3 Å². The van der Waals surface area contributed by atoms with Crippen LogP contribution in [0.4, 0.5) is 9.18 Å². The number of hydrogen-bond donors (Lipinski definition) is 1. The maximum Gasteiger partial charge on any atom is 0.410 e. The van der Waals surface area contributed by atoms with Crippen molar-refractivity contribution >= 4 is 12.0 Å². The van der Waals surface area contributed by atoms with Crippen molar-refractivity contribution in [2.24, 2.45) is 0 Å². The molecule has 1 aliphatic heterocycles. The molecule has 1 fully saturated rings. The normalized spacial score (nSPS) is 18.0. The van der Waals surface area contributed by atoms with Crippen molar-refractivity contribution in [3.63, 3.8) is 0 Å². The lowest BCUT2D eigenvalue weighted by atomic mass is 10.0. The lowest BCUT2D eigenvalue weighted by Crippen LogP contribution is -2.42. The van der Waals surface area contributed by atoms with Gasteiger partial charge >= 0.3 is 6.09 Å². The van der Waals surface area contributed by atoms with Gasteiger partial charge in [-0.1, -0.05) is 12.1 Å². The van der Waals surface area contributed by atoms with Crippen molar-refractivity contribution in [3.8, 4) is 0 Å². The van der Waals surface area contributed by atoms with E-state index in [4.69, 9.17) is 4.74 Å².